The molecular formula is C17H25F2NS. The second-order valence-electron chi connectivity index (χ2n) is 5.88. The van der Waals surface area contributed by atoms with E-state index >= 15 is 0 Å². The van der Waals surface area contributed by atoms with Gasteiger partial charge in [-0.3, -0.25) is 0 Å². The highest BCUT2D eigenvalue weighted by Gasteiger charge is 2.20. The van der Waals surface area contributed by atoms with Gasteiger partial charge >= 0.3 is 0 Å². The lowest BCUT2D eigenvalue weighted by Gasteiger charge is -2.27. The summed E-state index contributed by atoms with van der Waals surface area (Å²) in [5.74, 6) is 2.31. The average Bonchev–Trinajstić information content (AvgIpc) is 2.48. The third kappa shape index (κ3) is 5.59. The number of benzene rings is 1. The standard InChI is InChI=1S/C17H25F2NS/c1-2-7-20-16(10-13-5-8-21-9-6-13)11-14-3-4-15(18)12-17(14)19/h3-4,12-13,16,20H,2,5-11H2,1H3. The molecule has 1 aromatic rings. The first-order valence-electron chi connectivity index (χ1n) is 7.94. The van der Waals surface area contributed by atoms with Crippen LogP contribution in [0.2, 0.25) is 0 Å². The molecule has 118 valence electrons. The van der Waals surface area contributed by atoms with Crippen molar-refractivity contribution in [2.24, 2.45) is 5.92 Å². The van der Waals surface area contributed by atoms with Crippen molar-refractivity contribution in [3.05, 3.63) is 35.4 Å². The lowest BCUT2D eigenvalue weighted by Crippen LogP contribution is -2.34. The molecule has 2 rings (SSSR count). The predicted octanol–water partition coefficient (Wildman–Crippen LogP) is 4.41. The van der Waals surface area contributed by atoms with Gasteiger partial charge in [0.15, 0.2) is 0 Å². The quantitative estimate of drug-likeness (QED) is 0.800. The summed E-state index contributed by atoms with van der Waals surface area (Å²) < 4.78 is 26.8. The highest BCUT2D eigenvalue weighted by Crippen LogP contribution is 2.27. The first-order valence-corrected chi connectivity index (χ1v) is 9.09. The number of thioether (sulfide) groups is 1. The number of hydrogen-bond donors (Lipinski definition) is 1. The molecule has 0 radical (unpaired) electrons. The molecule has 0 spiro atoms. The first kappa shape index (κ1) is 16.8. The van der Waals surface area contributed by atoms with Gasteiger partial charge in [-0.25, -0.2) is 8.78 Å². The summed E-state index contributed by atoms with van der Waals surface area (Å²) in [6.45, 7) is 3.09. The van der Waals surface area contributed by atoms with E-state index in [1.807, 2.05) is 11.8 Å². The van der Waals surface area contributed by atoms with Crippen LogP contribution in [0.5, 0.6) is 0 Å². The van der Waals surface area contributed by atoms with Gasteiger partial charge in [-0.15, -0.1) is 0 Å². The molecule has 1 N–H and O–H groups in total. The lowest BCUT2D eigenvalue weighted by atomic mass is 9.91. The largest absolute Gasteiger partial charge is 0.314 e. The third-order valence-corrected chi connectivity index (χ3v) is 5.17. The van der Waals surface area contributed by atoms with Crippen molar-refractivity contribution in [2.45, 2.75) is 45.1 Å². The van der Waals surface area contributed by atoms with E-state index < -0.39 is 11.6 Å². The second kappa shape index (κ2) is 8.74. The minimum atomic E-state index is -0.501. The van der Waals surface area contributed by atoms with Gasteiger partial charge in [0, 0.05) is 12.1 Å². The number of rotatable bonds is 7. The SMILES string of the molecule is CCCNC(Cc1ccc(F)cc1F)CC1CCSCC1. The molecule has 1 aliphatic heterocycles. The van der Waals surface area contributed by atoms with E-state index in [1.165, 1.54) is 30.4 Å². The Morgan fingerprint density at radius 1 is 1.29 bits per heavy atom. The Bertz CT molecular complexity index is 433. The summed E-state index contributed by atoms with van der Waals surface area (Å²) in [5.41, 5.74) is 0.621. The molecule has 0 amide bonds. The molecule has 1 heterocycles. The fourth-order valence-corrected chi connectivity index (χ4v) is 4.13. The van der Waals surface area contributed by atoms with E-state index in [4.69, 9.17) is 0 Å². The lowest BCUT2D eigenvalue weighted by molar-refractivity contribution is 0.359. The number of halogens is 2. The Labute approximate surface area is 130 Å². The van der Waals surface area contributed by atoms with Gasteiger partial charge in [0.1, 0.15) is 11.6 Å². The fourth-order valence-electron chi connectivity index (χ4n) is 2.92. The molecule has 1 fully saturated rings. The molecule has 1 unspecified atom stereocenters. The van der Waals surface area contributed by atoms with E-state index in [0.29, 0.717) is 12.0 Å². The summed E-state index contributed by atoms with van der Waals surface area (Å²) in [6.07, 6.45) is 5.35. The smallest absolute Gasteiger partial charge is 0.129 e. The van der Waals surface area contributed by atoms with Gasteiger partial charge < -0.3 is 5.32 Å². The van der Waals surface area contributed by atoms with Crippen LogP contribution in [0.1, 0.15) is 38.2 Å². The van der Waals surface area contributed by atoms with Crippen LogP contribution < -0.4 is 5.32 Å². The van der Waals surface area contributed by atoms with E-state index in [1.54, 1.807) is 6.07 Å². The zero-order valence-electron chi connectivity index (χ0n) is 12.7. The van der Waals surface area contributed by atoms with Crippen LogP contribution >= 0.6 is 11.8 Å². The van der Waals surface area contributed by atoms with Crippen LogP contribution in [-0.4, -0.2) is 24.1 Å². The fraction of sp³-hybridized carbons (Fsp3) is 0.647. The second-order valence-corrected chi connectivity index (χ2v) is 7.11. The van der Waals surface area contributed by atoms with E-state index in [9.17, 15) is 8.78 Å². The highest BCUT2D eigenvalue weighted by molar-refractivity contribution is 7.99. The summed E-state index contributed by atoms with van der Waals surface area (Å²) in [6, 6.07) is 4.22. The minimum absolute atomic E-state index is 0.290. The minimum Gasteiger partial charge on any atom is -0.314 e. The Balaban J connectivity index is 1.97. The van der Waals surface area contributed by atoms with Crippen LogP contribution in [0.3, 0.4) is 0 Å². The van der Waals surface area contributed by atoms with Gasteiger partial charge in [-0.2, -0.15) is 11.8 Å². The van der Waals surface area contributed by atoms with Crippen LogP contribution in [0, 0.1) is 17.6 Å². The number of hydrogen-bond acceptors (Lipinski definition) is 2. The maximum absolute atomic E-state index is 13.8. The van der Waals surface area contributed by atoms with Crippen molar-refractivity contribution in [3.8, 4) is 0 Å². The van der Waals surface area contributed by atoms with Crippen LogP contribution in [-0.2, 0) is 6.42 Å². The van der Waals surface area contributed by atoms with Crippen molar-refractivity contribution in [1.82, 2.24) is 5.32 Å². The predicted molar refractivity (Wildman–Crippen MR) is 86.8 cm³/mol. The van der Waals surface area contributed by atoms with E-state index in [-0.39, 0.29) is 6.04 Å². The molecule has 1 atom stereocenters. The molecule has 4 heteroatoms. The van der Waals surface area contributed by atoms with Crippen molar-refractivity contribution < 1.29 is 8.78 Å². The Morgan fingerprint density at radius 2 is 2.05 bits per heavy atom. The Hall–Kier alpha value is -0.610. The van der Waals surface area contributed by atoms with Gasteiger partial charge in [0.25, 0.3) is 0 Å². The summed E-state index contributed by atoms with van der Waals surface area (Å²) in [4.78, 5) is 0. The monoisotopic (exact) mass is 313 g/mol. The van der Waals surface area contributed by atoms with Crippen molar-refractivity contribution in [3.63, 3.8) is 0 Å². The van der Waals surface area contributed by atoms with Crippen LogP contribution in [0.25, 0.3) is 0 Å². The molecule has 1 aromatic carbocycles. The Morgan fingerprint density at radius 3 is 2.71 bits per heavy atom. The molecule has 0 aromatic heterocycles. The average molecular weight is 313 g/mol. The van der Waals surface area contributed by atoms with Gasteiger partial charge in [-0.05, 0) is 67.7 Å². The van der Waals surface area contributed by atoms with E-state index in [2.05, 4.69) is 12.2 Å². The van der Waals surface area contributed by atoms with Crippen molar-refractivity contribution >= 4 is 11.8 Å². The van der Waals surface area contributed by atoms with Crippen molar-refractivity contribution in [1.29, 1.82) is 0 Å². The summed E-state index contributed by atoms with van der Waals surface area (Å²) >= 11 is 2.03. The topological polar surface area (TPSA) is 12.0 Å². The zero-order chi connectivity index (χ0) is 15.1. The summed E-state index contributed by atoms with van der Waals surface area (Å²) in [7, 11) is 0. The maximum Gasteiger partial charge on any atom is 0.129 e. The summed E-state index contributed by atoms with van der Waals surface area (Å²) in [5, 5.41) is 3.54. The molecule has 0 bridgehead atoms. The van der Waals surface area contributed by atoms with Gasteiger partial charge in [-0.1, -0.05) is 13.0 Å². The third-order valence-electron chi connectivity index (χ3n) is 4.12. The van der Waals surface area contributed by atoms with E-state index in [0.717, 1.165) is 31.4 Å². The molecule has 0 saturated carbocycles. The molecule has 1 nitrogen and oxygen atoms in total. The molecular weight excluding hydrogens is 288 g/mol. The molecule has 0 aliphatic carbocycles. The molecule has 1 aliphatic rings. The maximum atomic E-state index is 13.8. The van der Waals surface area contributed by atoms with Crippen molar-refractivity contribution in [2.75, 3.05) is 18.1 Å². The van der Waals surface area contributed by atoms with Gasteiger partial charge in [0.05, 0.1) is 0 Å². The zero-order valence-corrected chi connectivity index (χ0v) is 13.5. The number of nitrogens with one attached hydrogen (secondary N) is 1. The Kier molecular flexibility index (Phi) is 6.97. The normalized spacial score (nSPS) is 17.9. The van der Waals surface area contributed by atoms with Crippen LogP contribution in [0.4, 0.5) is 8.78 Å². The molecule has 1 saturated heterocycles. The molecule has 21 heavy (non-hydrogen) atoms. The highest BCUT2D eigenvalue weighted by atomic mass is 32.2. The van der Waals surface area contributed by atoms with Crippen LogP contribution in [0.15, 0.2) is 18.2 Å². The first-order chi connectivity index (χ1) is 10.2. The van der Waals surface area contributed by atoms with Gasteiger partial charge in [0.2, 0.25) is 0 Å².